The van der Waals surface area contributed by atoms with Crippen LogP contribution in [-0.4, -0.2) is 20.8 Å². The molecule has 3 rings (SSSR count). The maximum atomic E-state index is 12.3. The normalized spacial score (nSPS) is 20.3. The predicted molar refractivity (Wildman–Crippen MR) is 86.0 cm³/mol. The molecule has 0 spiro atoms. The Hall–Kier alpha value is -1.77. The fourth-order valence-corrected chi connectivity index (χ4v) is 3.91. The first-order chi connectivity index (χ1) is 11.6. The highest BCUT2D eigenvalue weighted by Gasteiger charge is 2.41. The molecule has 0 unspecified atom stereocenters. The molecule has 25 heavy (non-hydrogen) atoms. The van der Waals surface area contributed by atoms with E-state index in [1.54, 1.807) is 12.1 Å². The van der Waals surface area contributed by atoms with E-state index in [0.29, 0.717) is 11.4 Å². The number of ether oxygens (including phenoxy) is 1. The number of alkyl halides is 3. The van der Waals surface area contributed by atoms with Gasteiger partial charge in [0.1, 0.15) is 5.75 Å². The Labute approximate surface area is 147 Å². The molecule has 134 valence electrons. The molecule has 1 saturated carbocycles. The van der Waals surface area contributed by atoms with Gasteiger partial charge in [0.05, 0.1) is 4.90 Å². The van der Waals surface area contributed by atoms with Gasteiger partial charge in [-0.1, -0.05) is 23.7 Å². The molecule has 2 aromatic rings. The molecule has 0 radical (unpaired) electrons. The highest BCUT2D eigenvalue weighted by Crippen LogP contribution is 2.41. The molecule has 1 aliphatic carbocycles. The van der Waals surface area contributed by atoms with Crippen LogP contribution in [0.4, 0.5) is 13.2 Å². The van der Waals surface area contributed by atoms with Crippen LogP contribution in [0, 0.1) is 0 Å². The SMILES string of the molecule is O=S(=O)(N[C@H]1C[C@H]1c1ccc(Cl)cc1)c1ccc(OC(F)(F)F)cc1. The van der Waals surface area contributed by atoms with Crippen molar-refractivity contribution in [3.63, 3.8) is 0 Å². The Morgan fingerprint density at radius 3 is 2.20 bits per heavy atom. The Bertz CT molecular complexity index is 852. The van der Waals surface area contributed by atoms with Crippen LogP contribution in [0.5, 0.6) is 5.75 Å². The predicted octanol–water partition coefficient (Wildman–Crippen LogP) is 4.07. The number of rotatable bonds is 5. The zero-order chi connectivity index (χ0) is 18.2. The minimum absolute atomic E-state index is 0.0554. The fourth-order valence-electron chi connectivity index (χ4n) is 2.49. The molecule has 0 aliphatic heterocycles. The Morgan fingerprint density at radius 2 is 1.64 bits per heavy atom. The number of benzene rings is 2. The van der Waals surface area contributed by atoms with Gasteiger partial charge in [-0.05, 0) is 48.4 Å². The number of sulfonamides is 1. The molecule has 0 saturated heterocycles. The van der Waals surface area contributed by atoms with Crippen LogP contribution in [0.1, 0.15) is 17.9 Å². The smallest absolute Gasteiger partial charge is 0.406 e. The molecule has 0 bridgehead atoms. The fraction of sp³-hybridized carbons (Fsp3) is 0.250. The molecule has 9 heteroatoms. The van der Waals surface area contributed by atoms with E-state index in [0.717, 1.165) is 29.8 Å². The van der Waals surface area contributed by atoms with Crippen molar-refractivity contribution in [2.75, 3.05) is 0 Å². The molecular weight excluding hydrogens is 379 g/mol. The van der Waals surface area contributed by atoms with Gasteiger partial charge in [-0.2, -0.15) is 0 Å². The molecule has 1 aliphatic rings. The van der Waals surface area contributed by atoms with E-state index in [1.165, 1.54) is 0 Å². The van der Waals surface area contributed by atoms with Crippen molar-refractivity contribution < 1.29 is 26.3 Å². The lowest BCUT2D eigenvalue weighted by atomic mass is 10.1. The van der Waals surface area contributed by atoms with Gasteiger partial charge in [-0.3, -0.25) is 0 Å². The number of hydrogen-bond acceptors (Lipinski definition) is 3. The van der Waals surface area contributed by atoms with Crippen molar-refractivity contribution in [3.05, 3.63) is 59.1 Å². The molecule has 1 N–H and O–H groups in total. The van der Waals surface area contributed by atoms with E-state index in [9.17, 15) is 21.6 Å². The van der Waals surface area contributed by atoms with Crippen LogP contribution >= 0.6 is 11.6 Å². The van der Waals surface area contributed by atoms with Gasteiger partial charge in [0.15, 0.2) is 0 Å². The van der Waals surface area contributed by atoms with E-state index >= 15 is 0 Å². The first-order valence-electron chi connectivity index (χ1n) is 7.28. The minimum atomic E-state index is -4.82. The van der Waals surface area contributed by atoms with Gasteiger partial charge in [-0.25, -0.2) is 13.1 Å². The van der Waals surface area contributed by atoms with Crippen molar-refractivity contribution in [2.45, 2.75) is 29.6 Å². The molecule has 1 fully saturated rings. The third-order valence-corrected chi connectivity index (χ3v) is 5.52. The van der Waals surface area contributed by atoms with Crippen LogP contribution in [0.2, 0.25) is 5.02 Å². The van der Waals surface area contributed by atoms with Crippen LogP contribution in [0.15, 0.2) is 53.4 Å². The van der Waals surface area contributed by atoms with Crippen molar-refractivity contribution in [3.8, 4) is 5.75 Å². The molecule has 2 atom stereocenters. The largest absolute Gasteiger partial charge is 0.573 e. The van der Waals surface area contributed by atoms with Gasteiger partial charge in [0.2, 0.25) is 10.0 Å². The van der Waals surface area contributed by atoms with Gasteiger partial charge in [0.25, 0.3) is 0 Å². The lowest BCUT2D eigenvalue weighted by molar-refractivity contribution is -0.274. The summed E-state index contributed by atoms with van der Waals surface area (Å²) in [4.78, 5) is -0.121. The summed E-state index contributed by atoms with van der Waals surface area (Å²) in [5.41, 5.74) is 0.978. The van der Waals surface area contributed by atoms with Crippen LogP contribution < -0.4 is 9.46 Å². The standard InChI is InChI=1S/C16H13ClF3NO3S/c17-11-3-1-10(2-4-11)14-9-15(14)21-25(22,23)13-7-5-12(6-8-13)24-16(18,19)20/h1-8,14-15,21H,9H2/t14-,15-/m0/s1. The summed E-state index contributed by atoms with van der Waals surface area (Å²) < 4.78 is 67.3. The van der Waals surface area contributed by atoms with E-state index in [4.69, 9.17) is 11.6 Å². The topological polar surface area (TPSA) is 55.4 Å². The second-order valence-corrected chi connectivity index (χ2v) is 7.79. The summed E-state index contributed by atoms with van der Waals surface area (Å²) in [6, 6.07) is 11.0. The number of halogens is 4. The summed E-state index contributed by atoms with van der Waals surface area (Å²) >= 11 is 5.82. The number of nitrogens with one attached hydrogen (secondary N) is 1. The minimum Gasteiger partial charge on any atom is -0.406 e. The van der Waals surface area contributed by atoms with Gasteiger partial charge in [-0.15, -0.1) is 13.2 Å². The van der Waals surface area contributed by atoms with Crippen molar-refractivity contribution in [1.29, 1.82) is 0 Å². The van der Waals surface area contributed by atoms with Crippen molar-refractivity contribution in [2.24, 2.45) is 0 Å². The Morgan fingerprint density at radius 1 is 1.04 bits per heavy atom. The molecule has 0 amide bonds. The maximum absolute atomic E-state index is 12.3. The molecule has 4 nitrogen and oxygen atoms in total. The second-order valence-electron chi connectivity index (χ2n) is 5.64. The maximum Gasteiger partial charge on any atom is 0.573 e. The molecule has 0 aromatic heterocycles. The van der Waals surface area contributed by atoms with Crippen LogP contribution in [-0.2, 0) is 10.0 Å². The lowest BCUT2D eigenvalue weighted by Gasteiger charge is -2.10. The Kier molecular flexibility index (Phi) is 4.70. The summed E-state index contributed by atoms with van der Waals surface area (Å²) in [6.45, 7) is 0. The summed E-state index contributed by atoms with van der Waals surface area (Å²) in [5, 5.41) is 0.600. The van der Waals surface area contributed by atoms with Crippen LogP contribution in [0.3, 0.4) is 0 Å². The summed E-state index contributed by atoms with van der Waals surface area (Å²) in [7, 11) is -3.82. The molecule has 0 heterocycles. The zero-order valence-corrected chi connectivity index (χ0v) is 14.2. The van der Waals surface area contributed by atoms with Gasteiger partial charge >= 0.3 is 6.36 Å². The highest BCUT2D eigenvalue weighted by atomic mass is 35.5. The molecular formula is C16H13ClF3NO3S. The van der Waals surface area contributed by atoms with Gasteiger partial charge in [0, 0.05) is 17.0 Å². The number of hydrogen-bond donors (Lipinski definition) is 1. The second kappa shape index (κ2) is 6.51. The van der Waals surface area contributed by atoms with E-state index in [-0.39, 0.29) is 16.9 Å². The van der Waals surface area contributed by atoms with Crippen molar-refractivity contribution >= 4 is 21.6 Å². The van der Waals surface area contributed by atoms with Crippen LogP contribution in [0.25, 0.3) is 0 Å². The first-order valence-corrected chi connectivity index (χ1v) is 9.14. The highest BCUT2D eigenvalue weighted by molar-refractivity contribution is 7.89. The van der Waals surface area contributed by atoms with Crippen molar-refractivity contribution in [1.82, 2.24) is 4.72 Å². The average Bonchev–Trinajstić information content (AvgIpc) is 3.25. The lowest BCUT2D eigenvalue weighted by Crippen LogP contribution is -2.26. The molecule has 2 aromatic carbocycles. The van der Waals surface area contributed by atoms with E-state index < -0.39 is 22.1 Å². The van der Waals surface area contributed by atoms with E-state index in [2.05, 4.69) is 9.46 Å². The first kappa shape index (κ1) is 18.0. The average molecular weight is 392 g/mol. The third kappa shape index (κ3) is 4.65. The Balaban J connectivity index is 1.65. The summed E-state index contributed by atoms with van der Waals surface area (Å²) in [5.74, 6) is -0.420. The monoisotopic (exact) mass is 391 g/mol. The quantitative estimate of drug-likeness (QED) is 0.835. The van der Waals surface area contributed by atoms with Gasteiger partial charge < -0.3 is 4.74 Å². The zero-order valence-electron chi connectivity index (χ0n) is 12.6. The summed E-state index contributed by atoms with van der Waals surface area (Å²) in [6.07, 6.45) is -4.17. The van der Waals surface area contributed by atoms with E-state index in [1.807, 2.05) is 12.1 Å². The third-order valence-electron chi connectivity index (χ3n) is 3.76.